The van der Waals surface area contributed by atoms with E-state index in [2.05, 4.69) is 433 Å². The fourth-order valence-corrected chi connectivity index (χ4v) is 18.6. The van der Waals surface area contributed by atoms with Gasteiger partial charge in [0, 0.05) is 0 Å². The monoisotopic (exact) mass is 1570 g/mol. The highest BCUT2D eigenvalue weighted by atomic mass is 14.3. The van der Waals surface area contributed by atoms with E-state index in [1.54, 1.807) is 0 Å². The Morgan fingerprint density at radius 3 is 0.317 bits per heavy atom. The van der Waals surface area contributed by atoms with Gasteiger partial charge in [-0.25, -0.2) is 0 Å². The molecular weight excluding hydrogens is 1440 g/mol. The van der Waals surface area contributed by atoms with Crippen LogP contribution < -0.4 is 0 Å². The summed E-state index contributed by atoms with van der Waals surface area (Å²) in [7, 11) is 0. The molecule has 0 heterocycles. The molecule has 0 nitrogen and oxygen atoms in total. The molecule has 0 unspecified atom stereocenters. The number of hydrogen-bond acceptors (Lipinski definition) is 0. The van der Waals surface area contributed by atoms with Crippen LogP contribution in [0.25, 0.3) is 154 Å². The maximum Gasteiger partial charge on any atom is -0.000139 e. The minimum atomic E-state index is 0.388. The van der Waals surface area contributed by atoms with Crippen LogP contribution in [-0.4, -0.2) is 0 Å². The largest absolute Gasteiger partial charge is 0.0587 e. The van der Waals surface area contributed by atoms with Gasteiger partial charge in [0.05, 0.1) is 0 Å². The van der Waals surface area contributed by atoms with Gasteiger partial charge in [-0.1, -0.05) is 433 Å². The summed E-state index contributed by atoms with van der Waals surface area (Å²) in [6, 6.07) is 106. The molecule has 0 amide bonds. The zero-order valence-electron chi connectivity index (χ0n) is 76.3. The van der Waals surface area contributed by atoms with Gasteiger partial charge in [0.1, 0.15) is 0 Å². The van der Waals surface area contributed by atoms with Crippen molar-refractivity contribution < 1.29 is 0 Å². The molecule has 0 spiro atoms. The number of benzene rings is 16. The van der Waals surface area contributed by atoms with Crippen molar-refractivity contribution in [1.29, 1.82) is 0 Å². The summed E-state index contributed by atoms with van der Waals surface area (Å²) >= 11 is 0. The van der Waals surface area contributed by atoms with E-state index < -0.39 is 0 Å². The van der Waals surface area contributed by atoms with Crippen LogP contribution in [0.3, 0.4) is 0 Å². The molecule has 0 heteroatoms. The van der Waals surface area contributed by atoms with Gasteiger partial charge in [-0.3, -0.25) is 0 Å². The first-order valence-corrected chi connectivity index (χ1v) is 45.3. The lowest BCUT2D eigenvalue weighted by Gasteiger charge is -2.27. The summed E-state index contributed by atoms with van der Waals surface area (Å²) < 4.78 is 0. The van der Waals surface area contributed by atoms with Crippen molar-refractivity contribution in [3.8, 4) is 89.0 Å². The average Bonchev–Trinajstić information content (AvgIpc) is 0.699. The smallest absolute Gasteiger partial charge is 0.000139 e. The molecule has 0 bridgehead atoms. The number of fused-ring (bicyclic) bond motifs is 6. The molecule has 16 rings (SSSR count). The lowest BCUT2D eigenvalue weighted by Crippen LogP contribution is -2.00. The molecule has 0 saturated carbocycles. The summed E-state index contributed by atoms with van der Waals surface area (Å²) in [6.45, 7) is 55.3. The van der Waals surface area contributed by atoms with Gasteiger partial charge in [-0.05, 0) is 291 Å². The highest BCUT2D eigenvalue weighted by molar-refractivity contribution is 6.36. The Labute approximate surface area is 719 Å². The van der Waals surface area contributed by atoms with Crippen LogP contribution in [0, 0.1) is 0 Å². The lowest BCUT2D eigenvalue weighted by molar-refractivity contribution is 0.867. The third-order valence-electron chi connectivity index (χ3n) is 26.4. The Kier molecular flexibility index (Phi) is 24.3. The van der Waals surface area contributed by atoms with Gasteiger partial charge < -0.3 is 0 Å². The molecule has 0 saturated heterocycles. The molecular formula is C120H128. The highest BCUT2D eigenvalue weighted by Gasteiger charge is 2.31. The molecule has 0 radical (unpaired) electrons. The second-order valence-electron chi connectivity index (χ2n) is 38.6. The molecule has 0 aliphatic heterocycles. The summed E-state index contributed by atoms with van der Waals surface area (Å²) in [4.78, 5) is 0. The van der Waals surface area contributed by atoms with Crippen molar-refractivity contribution in [2.24, 2.45) is 0 Å². The van der Waals surface area contributed by atoms with Crippen molar-refractivity contribution in [3.05, 3.63) is 334 Å². The first kappa shape index (κ1) is 84.1. The summed E-state index contributed by atoms with van der Waals surface area (Å²) in [5.41, 5.74) is 36.9. The minimum absolute atomic E-state index is 0.388. The van der Waals surface area contributed by atoms with E-state index >= 15 is 0 Å². The van der Waals surface area contributed by atoms with Crippen LogP contribution in [0.15, 0.2) is 267 Å². The summed E-state index contributed by atoms with van der Waals surface area (Å²) in [5.74, 6) is 5.15. The van der Waals surface area contributed by atoms with Crippen LogP contribution in [0.1, 0.15) is 304 Å². The Hall–Kier alpha value is -10.9. The topological polar surface area (TPSA) is 0 Å². The Morgan fingerprint density at radius 1 is 0.108 bits per heavy atom. The predicted molar refractivity (Wildman–Crippen MR) is 530 cm³/mol. The summed E-state index contributed by atoms with van der Waals surface area (Å²) in [5, 5.41) is 15.8. The molecule has 0 N–H and O–H groups in total. The maximum absolute atomic E-state index is 2.52. The van der Waals surface area contributed by atoms with E-state index in [9.17, 15) is 0 Å². The van der Waals surface area contributed by atoms with Gasteiger partial charge in [0.15, 0.2) is 0 Å². The second-order valence-corrected chi connectivity index (χ2v) is 38.6. The first-order valence-electron chi connectivity index (χ1n) is 45.3. The molecule has 0 atom stereocenters. The zero-order valence-corrected chi connectivity index (χ0v) is 76.3. The average molecular weight is 1570 g/mol. The predicted octanol–water partition coefficient (Wildman–Crippen LogP) is 37.1. The zero-order chi connectivity index (χ0) is 85.1. The number of hydrogen-bond donors (Lipinski definition) is 0. The van der Waals surface area contributed by atoms with Crippen molar-refractivity contribution in [1.82, 2.24) is 0 Å². The molecule has 0 fully saturated rings. The van der Waals surface area contributed by atoms with E-state index in [-0.39, 0.29) is 0 Å². The van der Waals surface area contributed by atoms with E-state index in [4.69, 9.17) is 0 Å². The third-order valence-corrected chi connectivity index (χ3v) is 26.4. The first-order chi connectivity index (χ1) is 57.5. The van der Waals surface area contributed by atoms with E-state index in [0.717, 1.165) is 0 Å². The third kappa shape index (κ3) is 16.2. The molecule has 16 aromatic carbocycles. The van der Waals surface area contributed by atoms with Crippen molar-refractivity contribution in [2.45, 2.75) is 237 Å². The molecule has 120 heavy (non-hydrogen) atoms. The van der Waals surface area contributed by atoms with E-state index in [0.29, 0.717) is 71.0 Å². The minimum Gasteiger partial charge on any atom is -0.0587 e. The van der Waals surface area contributed by atoms with Crippen LogP contribution in [0.4, 0.5) is 0 Å². The van der Waals surface area contributed by atoms with Gasteiger partial charge >= 0.3 is 0 Å². The molecule has 0 aliphatic rings. The Bertz CT molecular complexity index is 5610. The molecule has 16 aromatic rings. The quantitative estimate of drug-likeness (QED) is 0.0667. The van der Waals surface area contributed by atoms with Crippen molar-refractivity contribution in [2.75, 3.05) is 0 Å². The Morgan fingerprint density at radius 2 is 0.208 bits per heavy atom. The normalized spacial score (nSPS) is 12.2. The second kappa shape index (κ2) is 34.7. The van der Waals surface area contributed by atoms with Crippen LogP contribution in [0.2, 0.25) is 0 Å². The Balaban J connectivity index is 0.000000187. The fourth-order valence-electron chi connectivity index (χ4n) is 18.6. The number of rotatable bonds is 20. The van der Waals surface area contributed by atoms with E-state index in [1.807, 2.05) is 0 Å². The lowest BCUT2D eigenvalue weighted by atomic mass is 9.76. The van der Waals surface area contributed by atoms with Crippen LogP contribution in [-0.2, 0) is 0 Å². The van der Waals surface area contributed by atoms with E-state index in [1.165, 1.54) is 220 Å². The van der Waals surface area contributed by atoms with Gasteiger partial charge in [0.25, 0.3) is 0 Å². The van der Waals surface area contributed by atoms with Crippen molar-refractivity contribution >= 4 is 64.6 Å². The van der Waals surface area contributed by atoms with Crippen LogP contribution >= 0.6 is 0 Å². The fraction of sp³-hybridized carbons (Fsp3) is 0.300. The molecule has 0 aromatic heterocycles. The van der Waals surface area contributed by atoms with Gasteiger partial charge in [0.2, 0.25) is 0 Å². The molecule has 608 valence electrons. The van der Waals surface area contributed by atoms with Crippen LogP contribution in [0.5, 0.6) is 0 Å². The summed E-state index contributed by atoms with van der Waals surface area (Å²) in [6.07, 6.45) is 0. The van der Waals surface area contributed by atoms with Gasteiger partial charge in [-0.15, -0.1) is 0 Å². The van der Waals surface area contributed by atoms with Gasteiger partial charge in [-0.2, -0.15) is 0 Å². The SMILES string of the molecule is CC(C)c1ccc(-c2c3ccc(C(C)C)cc3c(-c3ccc(C(C)C)cc3)c3c(-c4ccc(C(C)C)cc4)c4ccc(C(C)C)cc4c(-c4ccc(C(C)C)cc4)c23)cc1.CC(C)c1ccc(-c2c3ccc(C(C)C)cc3c(-c3ccc(C(C)C)cc3)c3c(-c4ccc(C(C)C)cc4)c4ccc(C(C)C)cc4c(-c4ccc(C(C)C)cc4)c23)cc1. The highest BCUT2D eigenvalue weighted by Crippen LogP contribution is 2.58. The molecule has 0 aliphatic carbocycles. The van der Waals surface area contributed by atoms with Crippen molar-refractivity contribution in [3.63, 3.8) is 0 Å². The standard InChI is InChI=1S/2C60H64/c2*1-35(2)41-13-21-45(22-14-41)55-51-31-29-49(39(9)10)33-53(51)58(48-27-19-44(20-28-48)38(7)8)60-56(46-23-15-42(16-24-46)36(3)4)52-32-30-50(40(11)12)34-54(52)57(59(55)60)47-25-17-43(18-26-47)37(5)6/h2*13-40H,1-12H3. The maximum atomic E-state index is 2.52.